The van der Waals surface area contributed by atoms with Crippen molar-refractivity contribution < 1.29 is 18.4 Å². The molecule has 27 heavy (non-hydrogen) atoms. The first-order valence-electron chi connectivity index (χ1n) is 8.55. The molecule has 0 bridgehead atoms. The predicted octanol–water partition coefficient (Wildman–Crippen LogP) is 2.00. The van der Waals surface area contributed by atoms with Crippen molar-refractivity contribution in [3.63, 3.8) is 0 Å². The van der Waals surface area contributed by atoms with Gasteiger partial charge in [-0.2, -0.15) is 0 Å². The first-order chi connectivity index (χ1) is 13.1. The molecule has 0 atom stereocenters. The van der Waals surface area contributed by atoms with E-state index in [2.05, 4.69) is 20.8 Å². The Morgan fingerprint density at radius 3 is 2.59 bits per heavy atom. The number of furan rings is 1. The molecule has 2 N–H and O–H groups in total. The van der Waals surface area contributed by atoms with Crippen LogP contribution in [0.4, 0.5) is 0 Å². The highest BCUT2D eigenvalue weighted by atomic mass is 16.4. The summed E-state index contributed by atoms with van der Waals surface area (Å²) < 4.78 is 10.7. The molecule has 2 heterocycles. The highest BCUT2D eigenvalue weighted by molar-refractivity contribution is 5.84. The molecule has 1 aromatic carbocycles. The summed E-state index contributed by atoms with van der Waals surface area (Å²) in [5, 5.41) is 13.2. The maximum atomic E-state index is 11.9. The third-order valence-corrected chi connectivity index (χ3v) is 3.82. The second-order valence-corrected chi connectivity index (χ2v) is 6.00. The van der Waals surface area contributed by atoms with Crippen molar-refractivity contribution in [3.05, 3.63) is 59.9 Å². The van der Waals surface area contributed by atoms with Gasteiger partial charge in [0, 0.05) is 18.4 Å². The maximum Gasteiger partial charge on any atom is 0.247 e. The Balaban J connectivity index is 1.39. The number of benzene rings is 1. The fraction of sp³-hybridized carbons (Fsp3) is 0.263. The van der Waals surface area contributed by atoms with Crippen LogP contribution in [-0.2, 0) is 22.6 Å². The van der Waals surface area contributed by atoms with Gasteiger partial charge in [0.05, 0.1) is 19.4 Å². The molecular weight excluding hydrogens is 348 g/mol. The van der Waals surface area contributed by atoms with Crippen LogP contribution in [-0.4, -0.2) is 28.6 Å². The van der Waals surface area contributed by atoms with Crippen LogP contribution in [0.3, 0.4) is 0 Å². The number of aryl methyl sites for hydroxylation is 2. The van der Waals surface area contributed by atoms with E-state index in [9.17, 15) is 9.59 Å². The van der Waals surface area contributed by atoms with E-state index in [-0.39, 0.29) is 31.3 Å². The SMILES string of the molecule is Cc1ccc(-c2nnc(CCC(=O)NCC(=O)NCc3ccco3)o2)cc1. The third-order valence-electron chi connectivity index (χ3n) is 3.82. The predicted molar refractivity (Wildman–Crippen MR) is 96.4 cm³/mol. The molecule has 0 aliphatic carbocycles. The van der Waals surface area contributed by atoms with E-state index in [0.29, 0.717) is 24.0 Å². The molecule has 0 aliphatic heterocycles. The van der Waals surface area contributed by atoms with E-state index in [1.54, 1.807) is 12.1 Å². The van der Waals surface area contributed by atoms with E-state index in [4.69, 9.17) is 8.83 Å². The van der Waals surface area contributed by atoms with Gasteiger partial charge in [0.25, 0.3) is 0 Å². The minimum absolute atomic E-state index is 0.0992. The average Bonchev–Trinajstić information content (AvgIpc) is 3.35. The monoisotopic (exact) mass is 368 g/mol. The number of carbonyl (C=O) groups excluding carboxylic acids is 2. The highest BCUT2D eigenvalue weighted by Crippen LogP contribution is 2.18. The Hall–Kier alpha value is -3.42. The number of aromatic nitrogens is 2. The second kappa shape index (κ2) is 8.79. The van der Waals surface area contributed by atoms with Crippen LogP contribution >= 0.6 is 0 Å². The van der Waals surface area contributed by atoms with E-state index in [1.807, 2.05) is 31.2 Å². The van der Waals surface area contributed by atoms with Crippen molar-refractivity contribution in [2.45, 2.75) is 26.3 Å². The Morgan fingerprint density at radius 1 is 1.04 bits per heavy atom. The summed E-state index contributed by atoms with van der Waals surface area (Å²) >= 11 is 0. The van der Waals surface area contributed by atoms with E-state index >= 15 is 0 Å². The van der Waals surface area contributed by atoms with Crippen LogP contribution < -0.4 is 10.6 Å². The van der Waals surface area contributed by atoms with Crippen molar-refractivity contribution in [1.29, 1.82) is 0 Å². The summed E-state index contributed by atoms with van der Waals surface area (Å²) in [7, 11) is 0. The molecule has 0 spiro atoms. The van der Waals surface area contributed by atoms with Crippen LogP contribution in [0.25, 0.3) is 11.5 Å². The molecule has 0 unspecified atom stereocenters. The average molecular weight is 368 g/mol. The van der Waals surface area contributed by atoms with E-state index in [1.165, 1.54) is 6.26 Å². The summed E-state index contributed by atoms with van der Waals surface area (Å²) in [4.78, 5) is 23.6. The Labute approximate surface area is 156 Å². The molecule has 0 fully saturated rings. The number of rotatable bonds is 8. The zero-order chi connectivity index (χ0) is 19.1. The number of carbonyl (C=O) groups is 2. The molecule has 8 heteroatoms. The van der Waals surface area contributed by atoms with Crippen LogP contribution in [0, 0.1) is 6.92 Å². The van der Waals surface area contributed by atoms with Gasteiger partial charge < -0.3 is 19.5 Å². The van der Waals surface area contributed by atoms with Gasteiger partial charge in [-0.25, -0.2) is 0 Å². The molecule has 8 nitrogen and oxygen atoms in total. The summed E-state index contributed by atoms with van der Waals surface area (Å²) in [5.74, 6) is 0.888. The van der Waals surface area contributed by atoms with Crippen LogP contribution in [0.15, 0.2) is 51.5 Å². The van der Waals surface area contributed by atoms with Gasteiger partial charge in [-0.15, -0.1) is 10.2 Å². The van der Waals surface area contributed by atoms with Crippen molar-refractivity contribution >= 4 is 11.8 Å². The zero-order valence-electron chi connectivity index (χ0n) is 14.9. The van der Waals surface area contributed by atoms with Gasteiger partial charge in [-0.3, -0.25) is 9.59 Å². The van der Waals surface area contributed by atoms with Crippen LogP contribution in [0.5, 0.6) is 0 Å². The third kappa shape index (κ3) is 5.53. The van der Waals surface area contributed by atoms with Crippen molar-refractivity contribution in [3.8, 4) is 11.5 Å². The number of nitrogens with one attached hydrogen (secondary N) is 2. The van der Waals surface area contributed by atoms with Gasteiger partial charge in [-0.1, -0.05) is 17.7 Å². The van der Waals surface area contributed by atoms with Crippen LogP contribution in [0.2, 0.25) is 0 Å². The number of hydrogen-bond donors (Lipinski definition) is 2. The fourth-order valence-electron chi connectivity index (χ4n) is 2.32. The minimum atomic E-state index is -0.292. The summed E-state index contributed by atoms with van der Waals surface area (Å²) in [6.07, 6.45) is 1.99. The second-order valence-electron chi connectivity index (χ2n) is 6.00. The van der Waals surface area contributed by atoms with Gasteiger partial charge in [0.15, 0.2) is 0 Å². The summed E-state index contributed by atoms with van der Waals surface area (Å²) in [6, 6.07) is 11.2. The minimum Gasteiger partial charge on any atom is -0.467 e. The normalized spacial score (nSPS) is 10.6. The van der Waals surface area contributed by atoms with Gasteiger partial charge in [-0.05, 0) is 31.2 Å². The van der Waals surface area contributed by atoms with Crippen LogP contribution in [0.1, 0.15) is 23.6 Å². The molecule has 0 saturated heterocycles. The topological polar surface area (TPSA) is 110 Å². The molecule has 3 rings (SSSR count). The van der Waals surface area contributed by atoms with Crippen molar-refractivity contribution in [2.24, 2.45) is 0 Å². The van der Waals surface area contributed by atoms with Gasteiger partial charge >= 0.3 is 0 Å². The quantitative estimate of drug-likeness (QED) is 0.629. The first-order valence-corrected chi connectivity index (χ1v) is 8.55. The lowest BCUT2D eigenvalue weighted by atomic mass is 10.1. The van der Waals surface area contributed by atoms with E-state index < -0.39 is 0 Å². The van der Waals surface area contributed by atoms with Gasteiger partial charge in [0.2, 0.25) is 23.6 Å². The summed E-state index contributed by atoms with van der Waals surface area (Å²) in [6.45, 7) is 2.18. The summed E-state index contributed by atoms with van der Waals surface area (Å²) in [5.41, 5.74) is 1.97. The van der Waals surface area contributed by atoms with Gasteiger partial charge in [0.1, 0.15) is 5.76 Å². The number of hydrogen-bond acceptors (Lipinski definition) is 6. The van der Waals surface area contributed by atoms with Crippen molar-refractivity contribution in [1.82, 2.24) is 20.8 Å². The molecule has 2 aromatic heterocycles. The molecule has 140 valence electrons. The molecule has 3 aromatic rings. The number of nitrogens with zero attached hydrogens (tertiary/aromatic N) is 2. The molecule has 0 aliphatic rings. The largest absolute Gasteiger partial charge is 0.467 e. The standard InChI is InChI=1S/C19H20N4O4/c1-13-4-6-14(7-5-13)19-23-22-18(27-19)9-8-16(24)21-12-17(25)20-11-15-3-2-10-26-15/h2-7,10H,8-9,11-12H2,1H3,(H,20,25)(H,21,24). The zero-order valence-corrected chi connectivity index (χ0v) is 14.9. The highest BCUT2D eigenvalue weighted by Gasteiger charge is 2.11. The Morgan fingerprint density at radius 2 is 1.85 bits per heavy atom. The lowest BCUT2D eigenvalue weighted by Gasteiger charge is -2.05. The molecule has 0 radical (unpaired) electrons. The molecule has 2 amide bonds. The maximum absolute atomic E-state index is 11.9. The molecular formula is C19H20N4O4. The lowest BCUT2D eigenvalue weighted by Crippen LogP contribution is -2.36. The fourth-order valence-corrected chi connectivity index (χ4v) is 2.32. The lowest BCUT2D eigenvalue weighted by molar-refractivity contribution is -0.126. The smallest absolute Gasteiger partial charge is 0.247 e. The first kappa shape index (κ1) is 18.4. The van der Waals surface area contributed by atoms with Crippen molar-refractivity contribution in [2.75, 3.05) is 6.54 Å². The molecule has 0 saturated carbocycles. The Kier molecular flexibility index (Phi) is 5.98. The Bertz CT molecular complexity index is 885. The van der Waals surface area contributed by atoms with E-state index in [0.717, 1.165) is 11.1 Å². The number of amides is 2.